The molecule has 1 unspecified atom stereocenters. The second-order valence-electron chi connectivity index (χ2n) is 7.99. The van der Waals surface area contributed by atoms with E-state index >= 15 is 0 Å². The van der Waals surface area contributed by atoms with Crippen LogP contribution in [0.15, 0.2) is 64.0 Å². The fourth-order valence-corrected chi connectivity index (χ4v) is 4.84. The van der Waals surface area contributed by atoms with E-state index in [0.29, 0.717) is 17.1 Å². The second kappa shape index (κ2) is 10.3. The Morgan fingerprint density at radius 3 is 2.34 bits per heavy atom. The van der Waals surface area contributed by atoms with Crippen molar-refractivity contribution in [3.8, 4) is 34.3 Å². The van der Waals surface area contributed by atoms with Crippen molar-refractivity contribution in [2.45, 2.75) is 30.0 Å². The van der Waals surface area contributed by atoms with E-state index in [2.05, 4.69) is 25.5 Å². The number of halogens is 1. The molecule has 1 atom stereocenters. The molecule has 0 bridgehead atoms. The topological polar surface area (TPSA) is 137 Å². The van der Waals surface area contributed by atoms with E-state index in [1.54, 1.807) is 12.1 Å². The second-order valence-corrected chi connectivity index (χ2v) is 10.4. The number of sulfone groups is 1. The number of nitrogens with one attached hydrogen (secondary N) is 1. The van der Waals surface area contributed by atoms with Gasteiger partial charge in [0.15, 0.2) is 21.3 Å². The molecule has 0 saturated carbocycles. The molecule has 0 radical (unpaired) electrons. The van der Waals surface area contributed by atoms with Crippen LogP contribution < -0.4 is 11.1 Å². The van der Waals surface area contributed by atoms with Crippen molar-refractivity contribution in [2.75, 3.05) is 19.5 Å². The molecule has 9 nitrogen and oxygen atoms in total. The minimum Gasteiger partial charge on any atom is -0.414 e. The summed E-state index contributed by atoms with van der Waals surface area (Å²) < 4.78 is 43.6. The van der Waals surface area contributed by atoms with Crippen LogP contribution in [-0.2, 0) is 16.4 Å². The monoisotopic (exact) mass is 496 g/mol. The molecular formula is C24H25FN6O3S. The smallest absolute Gasteiger partial charge is 0.270 e. The number of nitrogens with two attached hydrogens (primary N) is 1. The lowest BCUT2D eigenvalue weighted by Crippen LogP contribution is -2.18. The van der Waals surface area contributed by atoms with E-state index in [9.17, 15) is 12.8 Å². The molecule has 0 aliphatic carbocycles. The lowest BCUT2D eigenvalue weighted by atomic mass is 10.1. The van der Waals surface area contributed by atoms with Crippen LogP contribution in [0.25, 0.3) is 34.3 Å². The number of benzene rings is 2. The molecule has 182 valence electrons. The quantitative estimate of drug-likeness (QED) is 0.355. The predicted molar refractivity (Wildman–Crippen MR) is 131 cm³/mol. The lowest BCUT2D eigenvalue weighted by molar-refractivity contribution is 0.464. The van der Waals surface area contributed by atoms with Gasteiger partial charge >= 0.3 is 0 Å². The first kappa shape index (κ1) is 24.4. The molecular weight excluding hydrogens is 471 g/mol. The normalized spacial score (nSPS) is 12.5. The maximum absolute atomic E-state index is 12.6. The van der Waals surface area contributed by atoms with Gasteiger partial charge in [-0.3, -0.25) is 4.39 Å². The minimum atomic E-state index is -3.62. The maximum Gasteiger partial charge on any atom is 0.270 e. The van der Waals surface area contributed by atoms with Gasteiger partial charge in [0.05, 0.1) is 28.7 Å². The first-order valence-electron chi connectivity index (χ1n) is 10.9. The Bertz CT molecular complexity index is 1410. The highest BCUT2D eigenvalue weighted by Crippen LogP contribution is 2.29. The molecule has 4 rings (SSSR count). The van der Waals surface area contributed by atoms with Crippen LogP contribution in [0.1, 0.15) is 18.9 Å². The Balaban J connectivity index is 1.60. The Kier molecular flexibility index (Phi) is 7.17. The van der Waals surface area contributed by atoms with E-state index in [-0.39, 0.29) is 28.7 Å². The zero-order chi connectivity index (χ0) is 25.0. The van der Waals surface area contributed by atoms with E-state index in [4.69, 9.17) is 10.2 Å². The minimum absolute atomic E-state index is 0.0524. The average molecular weight is 497 g/mol. The number of anilines is 1. The van der Waals surface area contributed by atoms with Crippen LogP contribution >= 0.6 is 0 Å². The summed E-state index contributed by atoms with van der Waals surface area (Å²) >= 11 is 0. The molecule has 0 aliphatic heterocycles. The number of nitrogen functional groups attached to an aromatic ring is 1. The first-order chi connectivity index (χ1) is 16.8. The van der Waals surface area contributed by atoms with Crippen LogP contribution in [0, 0.1) is 0 Å². The van der Waals surface area contributed by atoms with Crippen LogP contribution in [-0.4, -0.2) is 47.6 Å². The van der Waals surface area contributed by atoms with Gasteiger partial charge in [0.2, 0.25) is 5.89 Å². The maximum atomic E-state index is 12.6. The van der Waals surface area contributed by atoms with Crippen LogP contribution in [0.5, 0.6) is 0 Å². The Morgan fingerprint density at radius 1 is 1.03 bits per heavy atom. The number of hydrogen-bond donors (Lipinski definition) is 2. The molecule has 2 aromatic carbocycles. The molecule has 35 heavy (non-hydrogen) atoms. The summed E-state index contributed by atoms with van der Waals surface area (Å²) in [6, 6.07) is 13.9. The standard InChI is InChI=1S/C24H25FN6O3S/c1-15(11-12-25)35(32,33)19-9-7-17(8-10-19)20-14-28-22(26)21(29-20)24-31-30-23(34-24)18-5-3-16(4-6-18)13-27-2/h3-10,14-15,27H,11-13H2,1-2H3,(H2,26,28). The van der Waals surface area contributed by atoms with Gasteiger partial charge in [0, 0.05) is 17.7 Å². The van der Waals surface area contributed by atoms with Gasteiger partial charge in [-0.25, -0.2) is 18.4 Å². The van der Waals surface area contributed by atoms with Gasteiger partial charge in [-0.05, 0) is 50.2 Å². The Labute approximate surface area is 202 Å². The number of rotatable bonds is 9. The average Bonchev–Trinajstić information content (AvgIpc) is 3.35. The third-order valence-electron chi connectivity index (χ3n) is 5.53. The van der Waals surface area contributed by atoms with Crippen molar-refractivity contribution in [3.05, 3.63) is 60.3 Å². The van der Waals surface area contributed by atoms with Crippen molar-refractivity contribution in [1.82, 2.24) is 25.5 Å². The van der Waals surface area contributed by atoms with Crippen LogP contribution in [0.4, 0.5) is 10.2 Å². The van der Waals surface area contributed by atoms with Crippen molar-refractivity contribution in [2.24, 2.45) is 0 Å². The summed E-state index contributed by atoms with van der Waals surface area (Å²) in [5.74, 6) is 0.553. The SMILES string of the molecule is CNCc1ccc(-c2nnc(-c3nc(-c4ccc(S(=O)(=O)C(C)CCF)cc4)cnc3N)o2)cc1. The highest BCUT2D eigenvalue weighted by molar-refractivity contribution is 7.92. The van der Waals surface area contributed by atoms with E-state index < -0.39 is 21.8 Å². The van der Waals surface area contributed by atoms with Gasteiger partial charge in [0.25, 0.3) is 5.89 Å². The zero-order valence-corrected chi connectivity index (χ0v) is 20.1. The highest BCUT2D eigenvalue weighted by atomic mass is 32.2. The Morgan fingerprint density at radius 2 is 1.69 bits per heavy atom. The fourth-order valence-electron chi connectivity index (χ4n) is 3.46. The molecule has 0 aliphatic rings. The first-order valence-corrected chi connectivity index (χ1v) is 12.5. The summed E-state index contributed by atoms with van der Waals surface area (Å²) in [7, 11) is -1.74. The highest BCUT2D eigenvalue weighted by Gasteiger charge is 2.23. The Hall–Kier alpha value is -3.70. The third-order valence-corrected chi connectivity index (χ3v) is 7.76. The molecule has 0 saturated heterocycles. The van der Waals surface area contributed by atoms with E-state index in [0.717, 1.165) is 17.7 Å². The molecule has 0 amide bonds. The van der Waals surface area contributed by atoms with Gasteiger partial charge < -0.3 is 15.5 Å². The van der Waals surface area contributed by atoms with Crippen molar-refractivity contribution in [1.29, 1.82) is 0 Å². The van der Waals surface area contributed by atoms with Gasteiger partial charge in [0.1, 0.15) is 0 Å². The van der Waals surface area contributed by atoms with E-state index in [1.807, 2.05) is 31.3 Å². The summed E-state index contributed by atoms with van der Waals surface area (Å²) in [6.07, 6.45) is 1.43. The van der Waals surface area contributed by atoms with Crippen LogP contribution in [0.3, 0.4) is 0 Å². The molecule has 2 heterocycles. The molecule has 4 aromatic rings. The number of hydrogen-bond acceptors (Lipinski definition) is 9. The van der Waals surface area contributed by atoms with Gasteiger partial charge in [-0.1, -0.05) is 24.3 Å². The zero-order valence-electron chi connectivity index (χ0n) is 19.3. The molecule has 0 spiro atoms. The number of aromatic nitrogens is 4. The van der Waals surface area contributed by atoms with Crippen molar-refractivity contribution < 1.29 is 17.2 Å². The predicted octanol–water partition coefficient (Wildman–Crippen LogP) is 3.68. The summed E-state index contributed by atoms with van der Waals surface area (Å²) in [4.78, 5) is 8.83. The van der Waals surface area contributed by atoms with Crippen molar-refractivity contribution in [3.63, 3.8) is 0 Å². The molecule has 0 fully saturated rings. The summed E-state index contributed by atoms with van der Waals surface area (Å²) in [5.41, 5.74) is 9.19. The fraction of sp³-hybridized carbons (Fsp3) is 0.250. The van der Waals surface area contributed by atoms with Gasteiger partial charge in [-0.15, -0.1) is 10.2 Å². The molecule has 3 N–H and O–H groups in total. The third kappa shape index (κ3) is 5.20. The number of nitrogens with zero attached hydrogens (tertiary/aromatic N) is 4. The van der Waals surface area contributed by atoms with Gasteiger partial charge in [-0.2, -0.15) is 0 Å². The lowest BCUT2D eigenvalue weighted by Gasteiger charge is -2.11. The molecule has 11 heteroatoms. The van der Waals surface area contributed by atoms with Crippen LogP contribution in [0.2, 0.25) is 0 Å². The van der Waals surface area contributed by atoms with Crippen molar-refractivity contribution >= 4 is 15.7 Å². The summed E-state index contributed by atoms with van der Waals surface area (Å²) in [6.45, 7) is 1.55. The van der Waals surface area contributed by atoms with E-state index in [1.165, 1.54) is 25.3 Å². The largest absolute Gasteiger partial charge is 0.414 e. The number of alkyl halides is 1. The molecule has 2 aromatic heterocycles. The summed E-state index contributed by atoms with van der Waals surface area (Å²) in [5, 5.41) is 10.5.